The Kier molecular flexibility index (Phi) is 9.26. The summed E-state index contributed by atoms with van der Waals surface area (Å²) in [7, 11) is 0. The Hall–Kier alpha value is -2.27. The summed E-state index contributed by atoms with van der Waals surface area (Å²) in [4.78, 5) is 6.09. The molecular formula is C23H37N3O2. The Balaban J connectivity index is 2.95. The number of aliphatic hydroxyl groups is 1. The van der Waals surface area contributed by atoms with Gasteiger partial charge in [0.2, 0.25) is 0 Å². The Labute approximate surface area is 170 Å². The number of nitrogens with one attached hydrogen (secondary N) is 1. The van der Waals surface area contributed by atoms with E-state index in [2.05, 4.69) is 49.3 Å². The quantitative estimate of drug-likeness (QED) is 0.270. The highest BCUT2D eigenvalue weighted by atomic mass is 16.5. The molecule has 0 aromatic rings. The van der Waals surface area contributed by atoms with Gasteiger partial charge in [0.05, 0.1) is 0 Å². The summed E-state index contributed by atoms with van der Waals surface area (Å²) in [5.41, 5.74) is 3.97. The van der Waals surface area contributed by atoms with Gasteiger partial charge in [-0.3, -0.25) is 4.99 Å². The number of aliphatic imine (C=N–C) groups is 1. The van der Waals surface area contributed by atoms with E-state index in [9.17, 15) is 5.11 Å². The molecule has 1 heterocycles. The van der Waals surface area contributed by atoms with Crippen molar-refractivity contribution in [2.75, 3.05) is 26.2 Å². The number of ether oxygens (including phenoxy) is 1. The molecule has 0 saturated carbocycles. The molecule has 5 nitrogen and oxygen atoms in total. The van der Waals surface area contributed by atoms with E-state index in [4.69, 9.17) is 4.74 Å². The molecule has 0 amide bonds. The van der Waals surface area contributed by atoms with E-state index in [1.807, 2.05) is 26.0 Å². The first-order valence-corrected chi connectivity index (χ1v) is 9.80. The van der Waals surface area contributed by atoms with E-state index in [0.717, 1.165) is 41.9 Å². The monoisotopic (exact) mass is 387 g/mol. The van der Waals surface area contributed by atoms with Crippen molar-refractivity contribution in [2.24, 2.45) is 4.99 Å². The van der Waals surface area contributed by atoms with Gasteiger partial charge >= 0.3 is 0 Å². The van der Waals surface area contributed by atoms with Crippen LogP contribution in [0.4, 0.5) is 0 Å². The van der Waals surface area contributed by atoms with Crippen molar-refractivity contribution in [3.8, 4) is 0 Å². The number of nitrogens with zero attached hydrogens (tertiary/aromatic N) is 2. The maximum atomic E-state index is 10.7. The third kappa shape index (κ3) is 7.39. The molecule has 0 radical (unpaired) electrons. The molecule has 0 spiro atoms. The third-order valence-corrected chi connectivity index (χ3v) is 4.55. The molecule has 0 aromatic carbocycles. The number of piperidine rings is 1. The van der Waals surface area contributed by atoms with Gasteiger partial charge in [-0.25, -0.2) is 0 Å². The minimum absolute atomic E-state index is 0.0447. The van der Waals surface area contributed by atoms with Crippen LogP contribution in [0.25, 0.3) is 0 Å². The molecule has 156 valence electrons. The van der Waals surface area contributed by atoms with Crippen molar-refractivity contribution < 1.29 is 9.84 Å². The van der Waals surface area contributed by atoms with Crippen molar-refractivity contribution >= 4 is 6.72 Å². The molecule has 1 rings (SSSR count). The lowest BCUT2D eigenvalue weighted by Gasteiger charge is -2.33. The van der Waals surface area contributed by atoms with Crippen molar-refractivity contribution in [2.45, 2.75) is 53.5 Å². The van der Waals surface area contributed by atoms with E-state index >= 15 is 0 Å². The highest BCUT2D eigenvalue weighted by molar-refractivity contribution is 5.40. The smallest absolute Gasteiger partial charge is 0.158 e. The van der Waals surface area contributed by atoms with Crippen LogP contribution in [0.15, 0.2) is 63.9 Å². The van der Waals surface area contributed by atoms with Gasteiger partial charge < -0.3 is 20.1 Å². The number of rotatable bonds is 8. The van der Waals surface area contributed by atoms with Gasteiger partial charge in [0, 0.05) is 42.6 Å². The molecule has 1 aliphatic rings. The first-order valence-electron chi connectivity index (χ1n) is 9.80. The lowest BCUT2D eigenvalue weighted by atomic mass is 9.98. The van der Waals surface area contributed by atoms with Crippen LogP contribution in [0.3, 0.4) is 0 Å². The minimum atomic E-state index is 0.0447. The standard InChI is InChI=1S/C23H37N3O2/c1-9-10-21(26-13-11-20(15-24-8)17(2)16-26)18(3)22(27)19(4)28-14-12-25-23(5,6)7/h9-10,15,25,27H,2,8,11-14,16H2,1,3-7H3/b10-9-,20-15-,21-18+,22-19-. The number of allylic oxidation sites excluding steroid dienone is 4. The Bertz CT molecular complexity index is 691. The maximum Gasteiger partial charge on any atom is 0.158 e. The summed E-state index contributed by atoms with van der Waals surface area (Å²) in [6, 6.07) is 0. The van der Waals surface area contributed by atoms with Gasteiger partial charge in [0.1, 0.15) is 12.4 Å². The van der Waals surface area contributed by atoms with Crippen LogP contribution in [0.1, 0.15) is 48.0 Å². The fraction of sp³-hybridized carbons (Fsp3) is 0.522. The molecule has 1 aliphatic heterocycles. The normalized spacial score (nSPS) is 19.0. The molecule has 0 bridgehead atoms. The second-order valence-corrected chi connectivity index (χ2v) is 8.05. The third-order valence-electron chi connectivity index (χ3n) is 4.55. The predicted molar refractivity (Wildman–Crippen MR) is 120 cm³/mol. The molecule has 5 heteroatoms. The zero-order valence-corrected chi connectivity index (χ0v) is 18.4. The summed E-state index contributed by atoms with van der Waals surface area (Å²) < 4.78 is 5.75. The summed E-state index contributed by atoms with van der Waals surface area (Å²) >= 11 is 0. The zero-order valence-electron chi connectivity index (χ0n) is 18.4. The molecule has 0 aliphatic carbocycles. The van der Waals surface area contributed by atoms with Crippen LogP contribution >= 0.6 is 0 Å². The molecular weight excluding hydrogens is 350 g/mol. The van der Waals surface area contributed by atoms with Crippen molar-refractivity contribution in [1.29, 1.82) is 0 Å². The summed E-state index contributed by atoms with van der Waals surface area (Å²) in [6.07, 6.45) is 6.64. The molecule has 0 unspecified atom stereocenters. The van der Waals surface area contributed by atoms with Crippen LogP contribution < -0.4 is 5.32 Å². The van der Waals surface area contributed by atoms with Gasteiger partial charge in [-0.15, -0.1) is 0 Å². The van der Waals surface area contributed by atoms with Crippen LogP contribution in [0.2, 0.25) is 0 Å². The second-order valence-electron chi connectivity index (χ2n) is 8.05. The lowest BCUT2D eigenvalue weighted by molar-refractivity contribution is 0.187. The fourth-order valence-electron chi connectivity index (χ4n) is 3.02. The Morgan fingerprint density at radius 2 is 2.04 bits per heavy atom. The average molecular weight is 388 g/mol. The van der Waals surface area contributed by atoms with Crippen LogP contribution in [0.5, 0.6) is 0 Å². The number of hydrogen-bond acceptors (Lipinski definition) is 5. The molecule has 0 atom stereocenters. The average Bonchev–Trinajstić information content (AvgIpc) is 2.63. The Morgan fingerprint density at radius 3 is 2.57 bits per heavy atom. The van der Waals surface area contributed by atoms with Gasteiger partial charge in [0.25, 0.3) is 0 Å². The first kappa shape index (κ1) is 23.8. The molecule has 0 aromatic heterocycles. The van der Waals surface area contributed by atoms with Crippen molar-refractivity contribution in [3.63, 3.8) is 0 Å². The Morgan fingerprint density at radius 1 is 1.36 bits per heavy atom. The zero-order chi connectivity index (χ0) is 21.3. The van der Waals surface area contributed by atoms with Crippen LogP contribution in [-0.4, -0.2) is 48.5 Å². The van der Waals surface area contributed by atoms with Crippen LogP contribution in [-0.2, 0) is 4.74 Å². The lowest BCUT2D eigenvalue weighted by Crippen LogP contribution is -2.37. The SMILES string of the molecule is C=N/C=C1/CCN(C(/C=C\C)=C(C)/C(O)=C(\C)OCCNC(C)(C)C)CC1=C. The van der Waals surface area contributed by atoms with Crippen molar-refractivity contribution in [1.82, 2.24) is 10.2 Å². The van der Waals surface area contributed by atoms with Crippen molar-refractivity contribution in [3.05, 3.63) is 58.9 Å². The van der Waals surface area contributed by atoms with E-state index in [-0.39, 0.29) is 11.3 Å². The second kappa shape index (κ2) is 10.9. The largest absolute Gasteiger partial charge is 0.504 e. The molecule has 1 saturated heterocycles. The summed E-state index contributed by atoms with van der Waals surface area (Å²) in [5, 5.41) is 14.1. The summed E-state index contributed by atoms with van der Waals surface area (Å²) in [6.45, 7) is 22.5. The molecule has 1 fully saturated rings. The molecule has 28 heavy (non-hydrogen) atoms. The first-order chi connectivity index (χ1) is 13.1. The minimum Gasteiger partial charge on any atom is -0.504 e. The van der Waals surface area contributed by atoms with E-state index < -0.39 is 0 Å². The number of aliphatic hydroxyl groups excluding tert-OH is 1. The number of hydrogen-bond donors (Lipinski definition) is 2. The molecule has 2 N–H and O–H groups in total. The summed E-state index contributed by atoms with van der Waals surface area (Å²) in [5.74, 6) is 0.714. The van der Waals surface area contributed by atoms with Gasteiger partial charge in [-0.2, -0.15) is 0 Å². The van der Waals surface area contributed by atoms with Gasteiger partial charge in [-0.05, 0) is 71.9 Å². The van der Waals surface area contributed by atoms with Gasteiger partial charge in [-0.1, -0.05) is 12.7 Å². The topological polar surface area (TPSA) is 57.1 Å². The predicted octanol–water partition coefficient (Wildman–Crippen LogP) is 4.88. The highest BCUT2D eigenvalue weighted by Crippen LogP contribution is 2.27. The van der Waals surface area contributed by atoms with E-state index in [0.29, 0.717) is 18.9 Å². The highest BCUT2D eigenvalue weighted by Gasteiger charge is 2.21. The maximum absolute atomic E-state index is 10.7. The van der Waals surface area contributed by atoms with E-state index in [1.54, 1.807) is 13.1 Å². The fourth-order valence-corrected chi connectivity index (χ4v) is 3.02. The van der Waals surface area contributed by atoms with E-state index in [1.165, 1.54) is 0 Å². The van der Waals surface area contributed by atoms with Crippen LogP contribution in [0, 0.1) is 0 Å². The number of likely N-dealkylation sites (tertiary alicyclic amines) is 1. The van der Waals surface area contributed by atoms with Gasteiger partial charge in [0.15, 0.2) is 5.76 Å².